The number of nitrogens with one attached hydrogen (secondary N) is 1. The van der Waals surface area contributed by atoms with Gasteiger partial charge in [0.2, 0.25) is 0 Å². The van der Waals surface area contributed by atoms with E-state index in [0.717, 1.165) is 34.8 Å². The van der Waals surface area contributed by atoms with Gasteiger partial charge in [0, 0.05) is 25.7 Å². The highest BCUT2D eigenvalue weighted by molar-refractivity contribution is 7.26. The number of hydrogen-bond donors (Lipinski definition) is 1. The summed E-state index contributed by atoms with van der Waals surface area (Å²) in [7, 11) is 0. The number of aliphatic imine (C=N–C) groups is 1. The van der Waals surface area contributed by atoms with Crippen LogP contribution < -0.4 is 5.32 Å². The molecule has 206 valence electrons. The lowest BCUT2D eigenvalue weighted by Gasteiger charge is -2.18. The van der Waals surface area contributed by atoms with Gasteiger partial charge in [0.05, 0.1) is 12.0 Å². The number of hydrogen-bond acceptors (Lipinski definition) is 4. The molecule has 6 aromatic rings. The Morgan fingerprint density at radius 2 is 1.71 bits per heavy atom. The van der Waals surface area contributed by atoms with Crippen LogP contribution in [0.1, 0.15) is 54.5 Å². The molecule has 4 heteroatoms. The smallest absolute Gasteiger partial charge is 0.157 e. The Bertz CT molecular complexity index is 2040. The molecule has 2 aromatic heterocycles. The van der Waals surface area contributed by atoms with Gasteiger partial charge in [-0.3, -0.25) is 4.99 Å². The fourth-order valence-electron chi connectivity index (χ4n) is 5.95. The number of benzene rings is 4. The lowest BCUT2D eigenvalue weighted by atomic mass is 9.93. The predicted octanol–water partition coefficient (Wildman–Crippen LogP) is 11.3. The summed E-state index contributed by atoms with van der Waals surface area (Å²) in [6.07, 6.45) is 11.1. The Hall–Kier alpha value is -4.67. The third-order valence-electron chi connectivity index (χ3n) is 7.85. The van der Waals surface area contributed by atoms with Gasteiger partial charge >= 0.3 is 0 Å². The lowest BCUT2D eigenvalue weighted by Crippen LogP contribution is -2.10. The van der Waals surface area contributed by atoms with Crippen molar-refractivity contribution >= 4 is 55.7 Å². The SMILES string of the molecule is C/C=C\c1oc2c(c1C=CCC)NC=NC2c1cccc(-c2cc(C)cc(-c3cccc4c3sc3ccccc34)c2)c1. The van der Waals surface area contributed by atoms with Crippen molar-refractivity contribution in [2.45, 2.75) is 33.2 Å². The molecule has 0 saturated carbocycles. The largest absolute Gasteiger partial charge is 0.456 e. The van der Waals surface area contributed by atoms with E-state index >= 15 is 0 Å². The zero-order chi connectivity index (χ0) is 28.6. The van der Waals surface area contributed by atoms with Gasteiger partial charge in [-0.05, 0) is 77.9 Å². The second kappa shape index (κ2) is 11.0. The summed E-state index contributed by atoms with van der Waals surface area (Å²) in [5.41, 5.74) is 9.29. The molecule has 1 aliphatic rings. The first-order chi connectivity index (χ1) is 20.6. The fourth-order valence-corrected chi connectivity index (χ4v) is 7.19. The molecule has 1 N–H and O–H groups in total. The number of fused-ring (bicyclic) bond motifs is 4. The van der Waals surface area contributed by atoms with E-state index in [1.54, 1.807) is 6.34 Å². The Kier molecular flexibility index (Phi) is 6.85. The third kappa shape index (κ3) is 4.58. The fraction of sp³-hybridized carbons (Fsp3) is 0.132. The van der Waals surface area contributed by atoms with Crippen LogP contribution in [-0.2, 0) is 0 Å². The highest BCUT2D eigenvalue weighted by Gasteiger charge is 2.28. The molecule has 4 aromatic carbocycles. The molecule has 42 heavy (non-hydrogen) atoms. The highest BCUT2D eigenvalue weighted by Crippen LogP contribution is 2.43. The van der Waals surface area contributed by atoms with E-state index in [9.17, 15) is 0 Å². The Balaban J connectivity index is 1.31. The van der Waals surface area contributed by atoms with Crippen LogP contribution in [0.3, 0.4) is 0 Å². The normalized spacial score (nSPS) is 14.8. The van der Waals surface area contributed by atoms with Gasteiger partial charge in [0.1, 0.15) is 11.8 Å². The number of thiophene rings is 1. The van der Waals surface area contributed by atoms with E-state index in [1.807, 2.05) is 30.4 Å². The number of furan rings is 1. The van der Waals surface area contributed by atoms with Gasteiger partial charge < -0.3 is 9.73 Å². The van der Waals surface area contributed by atoms with Gasteiger partial charge in [-0.2, -0.15) is 0 Å². The molecule has 1 atom stereocenters. The molecule has 1 unspecified atom stereocenters. The van der Waals surface area contributed by atoms with E-state index in [2.05, 4.69) is 116 Å². The molecule has 0 fully saturated rings. The number of nitrogens with zero attached hydrogens (tertiary/aromatic N) is 1. The van der Waals surface area contributed by atoms with Crippen LogP contribution in [0.5, 0.6) is 0 Å². The molecular formula is C38H32N2OS. The summed E-state index contributed by atoms with van der Waals surface area (Å²) < 4.78 is 9.10. The number of rotatable bonds is 6. The van der Waals surface area contributed by atoms with Crippen molar-refractivity contribution in [1.29, 1.82) is 0 Å². The molecule has 7 rings (SSSR count). The second-order valence-electron chi connectivity index (χ2n) is 10.7. The lowest BCUT2D eigenvalue weighted by molar-refractivity contribution is 0.483. The molecule has 0 bridgehead atoms. The molecule has 0 spiro atoms. The van der Waals surface area contributed by atoms with Gasteiger partial charge in [-0.1, -0.05) is 91.9 Å². The van der Waals surface area contributed by atoms with Crippen molar-refractivity contribution in [3.8, 4) is 22.3 Å². The van der Waals surface area contributed by atoms with Crippen molar-refractivity contribution in [2.75, 3.05) is 5.32 Å². The minimum absolute atomic E-state index is 0.217. The van der Waals surface area contributed by atoms with Crippen molar-refractivity contribution in [1.82, 2.24) is 0 Å². The molecule has 0 saturated heterocycles. The first kappa shape index (κ1) is 26.2. The van der Waals surface area contributed by atoms with Gasteiger partial charge in [0.25, 0.3) is 0 Å². The average Bonchev–Trinajstić information content (AvgIpc) is 3.57. The van der Waals surface area contributed by atoms with Crippen molar-refractivity contribution in [3.63, 3.8) is 0 Å². The van der Waals surface area contributed by atoms with Crippen LogP contribution in [0.15, 0.2) is 106 Å². The number of allylic oxidation sites excluding steroid dienone is 2. The van der Waals surface area contributed by atoms with E-state index < -0.39 is 0 Å². The van der Waals surface area contributed by atoms with Crippen LogP contribution in [-0.4, -0.2) is 6.34 Å². The Morgan fingerprint density at radius 1 is 0.881 bits per heavy atom. The molecule has 3 nitrogen and oxygen atoms in total. The molecule has 0 radical (unpaired) electrons. The predicted molar refractivity (Wildman–Crippen MR) is 182 cm³/mol. The molecule has 1 aliphatic heterocycles. The first-order valence-corrected chi connectivity index (χ1v) is 15.3. The molecule has 0 amide bonds. The quantitative estimate of drug-likeness (QED) is 0.218. The molecule has 0 aliphatic carbocycles. The van der Waals surface area contributed by atoms with Gasteiger partial charge in [0.15, 0.2) is 5.76 Å². The third-order valence-corrected chi connectivity index (χ3v) is 9.07. The maximum absolute atomic E-state index is 6.44. The standard InChI is InChI=1S/C38H32N2OS/c1-4-6-14-32-33(11-5-2)41-37-35(39-23-40-36(32)37)26-13-9-12-25(21-26)27-19-24(3)20-28(22-27)29-16-10-17-31-30-15-7-8-18-34(30)42-38(29)31/h5-23,35H,4H2,1-3H3,(H,39,40)/b11-5-,14-6?. The summed E-state index contributed by atoms with van der Waals surface area (Å²) in [6, 6.07) is 30.8. The van der Waals surface area contributed by atoms with Crippen LogP contribution in [0.25, 0.3) is 54.6 Å². The maximum atomic E-state index is 6.44. The van der Waals surface area contributed by atoms with Crippen molar-refractivity contribution in [3.05, 3.63) is 125 Å². The van der Waals surface area contributed by atoms with Crippen LogP contribution in [0, 0.1) is 6.92 Å². The summed E-state index contributed by atoms with van der Waals surface area (Å²) in [6.45, 7) is 6.33. The van der Waals surface area contributed by atoms with Gasteiger partial charge in [-0.25, -0.2) is 0 Å². The van der Waals surface area contributed by atoms with Crippen LogP contribution >= 0.6 is 11.3 Å². The van der Waals surface area contributed by atoms with E-state index in [4.69, 9.17) is 9.41 Å². The average molecular weight is 565 g/mol. The second-order valence-corrected chi connectivity index (χ2v) is 11.8. The minimum atomic E-state index is -0.217. The topological polar surface area (TPSA) is 37.5 Å². The van der Waals surface area contributed by atoms with Crippen molar-refractivity contribution in [2.24, 2.45) is 4.99 Å². The Labute approximate surface area is 250 Å². The van der Waals surface area contributed by atoms with E-state index in [0.29, 0.717) is 0 Å². The van der Waals surface area contributed by atoms with E-state index in [-0.39, 0.29) is 6.04 Å². The number of anilines is 1. The number of aryl methyl sites for hydroxylation is 1. The summed E-state index contributed by atoms with van der Waals surface area (Å²) >= 11 is 1.87. The van der Waals surface area contributed by atoms with Crippen LogP contribution in [0.4, 0.5) is 5.69 Å². The summed E-state index contributed by atoms with van der Waals surface area (Å²) in [5.74, 6) is 1.70. The zero-order valence-corrected chi connectivity index (χ0v) is 24.8. The van der Waals surface area contributed by atoms with Gasteiger partial charge in [-0.15, -0.1) is 11.3 Å². The van der Waals surface area contributed by atoms with E-state index in [1.165, 1.54) is 48.0 Å². The van der Waals surface area contributed by atoms with Crippen molar-refractivity contribution < 1.29 is 4.42 Å². The maximum Gasteiger partial charge on any atom is 0.157 e. The zero-order valence-electron chi connectivity index (χ0n) is 24.0. The summed E-state index contributed by atoms with van der Waals surface area (Å²) in [4.78, 5) is 4.83. The molecule has 3 heterocycles. The highest BCUT2D eigenvalue weighted by atomic mass is 32.1. The first-order valence-electron chi connectivity index (χ1n) is 14.5. The monoisotopic (exact) mass is 564 g/mol. The summed E-state index contributed by atoms with van der Waals surface area (Å²) in [5, 5.41) is 6.00. The van der Waals surface area contributed by atoms with Crippen LogP contribution in [0.2, 0.25) is 0 Å². The Morgan fingerprint density at radius 3 is 2.60 bits per heavy atom. The minimum Gasteiger partial charge on any atom is -0.456 e. The molecular weight excluding hydrogens is 532 g/mol.